The molecule has 2 saturated heterocycles. The molecule has 17 nitrogen and oxygen atoms in total. The van der Waals surface area contributed by atoms with E-state index in [9.17, 15) is 50.3 Å². The highest BCUT2D eigenvalue weighted by Crippen LogP contribution is 2.41. The standard InChI is InChI=1S/C22H23F3N6O3.C20H21F3N6O2/c1-12(22(23,24)25)9-18(33)16-3-4-17-20(28-16)31(15-6-8-30(17)11-15)21(34)29-19-10-14(5-7-26-19)27-13(2)32;1-11(20(21,22)23)8-16(30)14-2-3-15-18(26-14)29(13-5-7-28(15)10-13)19(31)27-17-9-12(24)4-6-25-17/h3-5,7,10,12,15H,6,8-9,11H2,1-2H3,(H2,26,27,29,32,34);2-4,6,9,11,13H,5,7-8,10H2,1H3,(H3,24,25,27,31)/t12-,15-;11-,13-/m00/s1. The number of carbonyl (C=O) groups excluding carboxylic acids is 5. The Balaban J connectivity index is 0.000000195. The predicted octanol–water partition coefficient (Wildman–Crippen LogP) is 7.30. The lowest BCUT2D eigenvalue weighted by Crippen LogP contribution is -2.48. The lowest BCUT2D eigenvalue weighted by atomic mass is 10.0. The third-order valence-corrected chi connectivity index (χ3v) is 11.3. The Morgan fingerprint density at radius 3 is 1.55 bits per heavy atom. The Bertz CT molecular complexity index is 2510. The summed E-state index contributed by atoms with van der Waals surface area (Å²) in [4.78, 5) is 86.3. The van der Waals surface area contributed by atoms with Gasteiger partial charge in [-0.3, -0.25) is 34.8 Å². The molecule has 4 aromatic rings. The van der Waals surface area contributed by atoms with Crippen molar-refractivity contribution in [3.8, 4) is 0 Å². The molecule has 4 atom stereocenters. The Labute approximate surface area is 367 Å². The Hall–Kier alpha value is -7.07. The molecule has 0 radical (unpaired) electrons. The summed E-state index contributed by atoms with van der Waals surface area (Å²) in [6.07, 6.45) is -6.14. The molecule has 0 aliphatic carbocycles. The molecule has 4 aliphatic heterocycles. The fourth-order valence-corrected chi connectivity index (χ4v) is 7.89. The highest BCUT2D eigenvalue weighted by molar-refractivity contribution is 6.06. The van der Waals surface area contributed by atoms with Crippen LogP contribution < -0.4 is 41.3 Å². The molecule has 23 heteroatoms. The summed E-state index contributed by atoms with van der Waals surface area (Å²) in [5, 5.41) is 7.97. The van der Waals surface area contributed by atoms with Crippen molar-refractivity contribution >= 4 is 75.6 Å². The van der Waals surface area contributed by atoms with Crippen LogP contribution in [0.25, 0.3) is 0 Å². The fourth-order valence-electron chi connectivity index (χ4n) is 7.89. The molecular formula is C42H44F6N12O5. The predicted molar refractivity (Wildman–Crippen MR) is 228 cm³/mol. The van der Waals surface area contributed by atoms with Gasteiger partial charge in [-0.2, -0.15) is 26.3 Å². The zero-order chi connectivity index (χ0) is 47.0. The summed E-state index contributed by atoms with van der Waals surface area (Å²) in [5.41, 5.74) is 7.68. The molecular weight excluding hydrogens is 867 g/mol. The highest BCUT2D eigenvalue weighted by atomic mass is 19.4. The van der Waals surface area contributed by atoms with Gasteiger partial charge in [0, 0.05) is 81.8 Å². The van der Waals surface area contributed by atoms with Crippen LogP contribution in [0.15, 0.2) is 60.9 Å². The number of halogens is 6. The number of urea groups is 2. The molecule has 5 N–H and O–H groups in total. The summed E-state index contributed by atoms with van der Waals surface area (Å²) < 4.78 is 77.3. The van der Waals surface area contributed by atoms with Crippen molar-refractivity contribution in [3.05, 3.63) is 72.3 Å². The lowest BCUT2D eigenvalue weighted by Gasteiger charge is -2.35. The van der Waals surface area contributed by atoms with E-state index in [1.54, 1.807) is 24.3 Å². The zero-order valence-corrected chi connectivity index (χ0v) is 35.2. The van der Waals surface area contributed by atoms with E-state index >= 15 is 0 Å². The second-order valence-corrected chi connectivity index (χ2v) is 16.2. The lowest BCUT2D eigenvalue weighted by molar-refractivity contribution is -0.169. The normalized spacial score (nSPS) is 18.1. The molecule has 65 heavy (non-hydrogen) atoms. The zero-order valence-electron chi connectivity index (χ0n) is 35.2. The van der Waals surface area contributed by atoms with Crippen LogP contribution in [0.1, 0.15) is 67.4 Å². The number of aromatic nitrogens is 4. The number of nitrogen functional groups attached to an aromatic ring is 1. The molecule has 344 valence electrons. The van der Waals surface area contributed by atoms with Crippen molar-refractivity contribution in [2.24, 2.45) is 11.8 Å². The van der Waals surface area contributed by atoms with E-state index in [0.717, 1.165) is 13.8 Å². The number of pyridine rings is 4. The number of hydrogen-bond acceptors (Lipinski definition) is 12. The van der Waals surface area contributed by atoms with E-state index in [2.05, 4.69) is 35.9 Å². The van der Waals surface area contributed by atoms with Crippen molar-refractivity contribution in [1.82, 2.24) is 19.9 Å². The van der Waals surface area contributed by atoms with Gasteiger partial charge in [0.25, 0.3) is 0 Å². The SMILES string of the molecule is CC(=O)Nc1ccnc(NC(=O)N2c3nc(C(=O)C[C@H](C)C(F)(F)F)ccc3N3CC[C@H]2C3)c1.C[C@@H](CC(=O)c1ccc2c(n1)N(C(=O)Nc1cc(N)ccn1)[C@H]1CCN2C1)C(F)(F)F. The smallest absolute Gasteiger partial charge is 0.391 e. The second-order valence-electron chi connectivity index (χ2n) is 16.2. The first-order chi connectivity index (χ1) is 30.7. The number of hydrogen-bond donors (Lipinski definition) is 4. The van der Waals surface area contributed by atoms with Gasteiger partial charge >= 0.3 is 24.4 Å². The van der Waals surface area contributed by atoms with Crippen LogP contribution in [0, 0.1) is 11.8 Å². The Morgan fingerprint density at radius 2 is 1.12 bits per heavy atom. The van der Waals surface area contributed by atoms with Crippen LogP contribution in [0.4, 0.5) is 82.0 Å². The summed E-state index contributed by atoms with van der Waals surface area (Å²) in [6, 6.07) is 10.8. The van der Waals surface area contributed by atoms with Gasteiger partial charge in [0.05, 0.1) is 35.3 Å². The third kappa shape index (κ3) is 10.3. The average molecular weight is 911 g/mol. The number of alkyl halides is 6. The van der Waals surface area contributed by atoms with Crippen LogP contribution in [0.5, 0.6) is 0 Å². The molecule has 0 spiro atoms. The van der Waals surface area contributed by atoms with Crippen LogP contribution in [0.2, 0.25) is 0 Å². The van der Waals surface area contributed by atoms with Crippen molar-refractivity contribution in [2.75, 3.05) is 67.5 Å². The van der Waals surface area contributed by atoms with Crippen molar-refractivity contribution < 1.29 is 50.3 Å². The molecule has 4 aromatic heterocycles. The molecule has 0 unspecified atom stereocenters. The van der Waals surface area contributed by atoms with Gasteiger partial charge in [0.15, 0.2) is 23.2 Å². The molecule has 8 rings (SSSR count). The maximum absolute atomic E-state index is 13.2. The van der Waals surface area contributed by atoms with Crippen molar-refractivity contribution in [1.29, 1.82) is 0 Å². The van der Waals surface area contributed by atoms with Gasteiger partial charge in [-0.15, -0.1) is 0 Å². The number of anilines is 8. The first kappa shape index (κ1) is 45.9. The molecule has 4 aliphatic rings. The number of fused-ring (bicyclic) bond motifs is 8. The fraction of sp³-hybridized carbons (Fsp3) is 0.405. The second kappa shape index (κ2) is 18.2. The van der Waals surface area contributed by atoms with E-state index in [1.165, 1.54) is 53.4 Å². The van der Waals surface area contributed by atoms with Crippen molar-refractivity contribution in [2.45, 2.75) is 70.9 Å². The number of carbonyl (C=O) groups is 5. The minimum atomic E-state index is -4.49. The van der Waals surface area contributed by atoms with Crippen molar-refractivity contribution in [3.63, 3.8) is 0 Å². The third-order valence-electron chi connectivity index (χ3n) is 11.3. The summed E-state index contributed by atoms with van der Waals surface area (Å²) in [6.45, 7) is 5.82. The first-order valence-electron chi connectivity index (χ1n) is 20.5. The number of rotatable bonds is 9. The minimum absolute atomic E-state index is 0.0998. The number of nitrogens with two attached hydrogens (primary N) is 1. The van der Waals surface area contributed by atoms with Gasteiger partial charge in [-0.1, -0.05) is 13.8 Å². The van der Waals surface area contributed by atoms with Gasteiger partial charge in [-0.25, -0.2) is 29.5 Å². The molecule has 0 aromatic carbocycles. The first-order valence-corrected chi connectivity index (χ1v) is 20.5. The summed E-state index contributed by atoms with van der Waals surface area (Å²) >= 11 is 0. The van der Waals surface area contributed by atoms with E-state index in [1.807, 2.05) is 9.80 Å². The van der Waals surface area contributed by atoms with E-state index in [-0.39, 0.29) is 52.7 Å². The van der Waals surface area contributed by atoms with Gasteiger partial charge in [0.2, 0.25) is 5.91 Å². The quantitative estimate of drug-likeness (QED) is 0.0963. The van der Waals surface area contributed by atoms with E-state index in [0.29, 0.717) is 61.8 Å². The van der Waals surface area contributed by atoms with Crippen LogP contribution in [-0.4, -0.2) is 100 Å². The van der Waals surface area contributed by atoms with E-state index in [4.69, 9.17) is 5.73 Å². The van der Waals surface area contributed by atoms with Crippen LogP contribution in [0.3, 0.4) is 0 Å². The average Bonchev–Trinajstić information content (AvgIpc) is 3.85. The number of nitrogens with zero attached hydrogens (tertiary/aromatic N) is 8. The van der Waals surface area contributed by atoms with E-state index < -0.39 is 60.7 Å². The maximum atomic E-state index is 13.2. The van der Waals surface area contributed by atoms with Gasteiger partial charge in [-0.05, 0) is 49.2 Å². The Morgan fingerprint density at radius 1 is 0.677 bits per heavy atom. The molecule has 8 heterocycles. The van der Waals surface area contributed by atoms with Gasteiger partial charge in [0.1, 0.15) is 23.0 Å². The van der Waals surface area contributed by atoms with Crippen LogP contribution in [-0.2, 0) is 4.79 Å². The molecule has 2 fully saturated rings. The maximum Gasteiger partial charge on any atom is 0.391 e. The van der Waals surface area contributed by atoms with Gasteiger partial charge < -0.3 is 20.9 Å². The number of amides is 5. The molecule has 0 saturated carbocycles. The summed E-state index contributed by atoms with van der Waals surface area (Å²) in [7, 11) is 0. The summed E-state index contributed by atoms with van der Waals surface area (Å²) in [5.74, 6) is -4.41. The van der Waals surface area contributed by atoms with Crippen LogP contribution >= 0.6 is 0 Å². The number of ketones is 2. The number of nitrogens with one attached hydrogen (secondary N) is 3. The minimum Gasteiger partial charge on any atom is -0.399 e. The number of Topliss-reactive ketones (excluding diaryl/α,β-unsaturated/α-hetero) is 2. The topological polar surface area (TPSA) is 212 Å². The Kier molecular flexibility index (Phi) is 12.9. The largest absolute Gasteiger partial charge is 0.399 e. The monoisotopic (exact) mass is 910 g/mol. The highest BCUT2D eigenvalue weighted by Gasteiger charge is 2.43. The molecule has 4 bridgehead atoms. The molecule has 5 amide bonds.